The third kappa shape index (κ3) is 4.44. The van der Waals surface area contributed by atoms with Crippen molar-refractivity contribution in [2.45, 2.75) is 71.9 Å². The van der Waals surface area contributed by atoms with Crippen molar-refractivity contribution in [3.8, 4) is 0 Å². The first kappa shape index (κ1) is 16.9. The van der Waals surface area contributed by atoms with E-state index in [1.165, 1.54) is 25.7 Å². The van der Waals surface area contributed by atoms with E-state index >= 15 is 0 Å². The van der Waals surface area contributed by atoms with Crippen molar-refractivity contribution >= 4 is 0 Å². The van der Waals surface area contributed by atoms with Gasteiger partial charge < -0.3 is 10.8 Å². The summed E-state index contributed by atoms with van der Waals surface area (Å²) < 4.78 is 0. The highest BCUT2D eigenvalue weighted by Gasteiger charge is 2.35. The summed E-state index contributed by atoms with van der Waals surface area (Å²) in [5, 5.41) is 9.68. The lowest BCUT2D eigenvalue weighted by atomic mass is 9.74. The molecule has 1 rings (SSSR count). The fourth-order valence-electron chi connectivity index (χ4n) is 3.51. The lowest BCUT2D eigenvalue weighted by Gasteiger charge is -2.45. The standard InChI is InChI=1S/C16H34N2O/c1-5-16(6-2)7-9-18(10-8-16)15(12-19)14(17)11-13(3)4/h13-15,19H,5-12,17H2,1-4H3. The van der Waals surface area contributed by atoms with Gasteiger partial charge in [-0.15, -0.1) is 0 Å². The molecule has 2 unspecified atom stereocenters. The number of aliphatic hydroxyl groups is 1. The summed E-state index contributed by atoms with van der Waals surface area (Å²) in [6.45, 7) is 11.4. The number of nitrogens with zero attached hydrogens (tertiary/aromatic N) is 1. The summed E-state index contributed by atoms with van der Waals surface area (Å²) in [5.74, 6) is 0.596. The smallest absolute Gasteiger partial charge is 0.0601 e. The summed E-state index contributed by atoms with van der Waals surface area (Å²) in [7, 11) is 0. The minimum absolute atomic E-state index is 0.0979. The van der Waals surface area contributed by atoms with Gasteiger partial charge >= 0.3 is 0 Å². The highest BCUT2D eigenvalue weighted by atomic mass is 16.3. The molecule has 0 aromatic rings. The molecule has 0 bridgehead atoms. The zero-order chi connectivity index (χ0) is 14.5. The van der Waals surface area contributed by atoms with Gasteiger partial charge in [0.2, 0.25) is 0 Å². The van der Waals surface area contributed by atoms with Gasteiger partial charge in [0.1, 0.15) is 0 Å². The second kappa shape index (κ2) is 7.61. The molecule has 2 atom stereocenters. The van der Waals surface area contributed by atoms with Crippen LogP contribution >= 0.6 is 0 Å². The average molecular weight is 270 g/mol. The van der Waals surface area contributed by atoms with Gasteiger partial charge in [0, 0.05) is 12.1 Å². The topological polar surface area (TPSA) is 49.5 Å². The van der Waals surface area contributed by atoms with Crippen molar-refractivity contribution in [2.75, 3.05) is 19.7 Å². The van der Waals surface area contributed by atoms with Gasteiger partial charge in [-0.05, 0) is 43.7 Å². The third-order valence-corrected chi connectivity index (χ3v) is 5.25. The number of hydrogen-bond donors (Lipinski definition) is 2. The number of rotatable bonds is 7. The van der Waals surface area contributed by atoms with Crippen LogP contribution in [0.15, 0.2) is 0 Å². The molecule has 3 heteroatoms. The first-order chi connectivity index (χ1) is 8.98. The van der Waals surface area contributed by atoms with Gasteiger partial charge in [-0.25, -0.2) is 0 Å². The molecule has 0 aliphatic carbocycles. The fourth-order valence-corrected chi connectivity index (χ4v) is 3.51. The fraction of sp³-hybridized carbons (Fsp3) is 1.00. The molecule has 19 heavy (non-hydrogen) atoms. The second-order valence-corrected chi connectivity index (χ2v) is 6.79. The predicted molar refractivity (Wildman–Crippen MR) is 82.1 cm³/mol. The summed E-state index contributed by atoms with van der Waals surface area (Å²) in [6, 6.07) is 0.245. The van der Waals surface area contributed by atoms with Gasteiger partial charge in [0.05, 0.1) is 6.61 Å². The first-order valence-electron chi connectivity index (χ1n) is 8.08. The molecular formula is C16H34N2O. The van der Waals surface area contributed by atoms with Crippen molar-refractivity contribution in [1.29, 1.82) is 0 Å². The number of likely N-dealkylation sites (tertiary alicyclic amines) is 1. The Balaban J connectivity index is 2.56. The number of hydrogen-bond acceptors (Lipinski definition) is 3. The minimum Gasteiger partial charge on any atom is -0.395 e. The van der Waals surface area contributed by atoms with E-state index in [2.05, 4.69) is 32.6 Å². The van der Waals surface area contributed by atoms with Crippen LogP contribution in [0.1, 0.15) is 59.8 Å². The number of aliphatic hydroxyl groups excluding tert-OH is 1. The Morgan fingerprint density at radius 1 is 1.16 bits per heavy atom. The van der Waals surface area contributed by atoms with E-state index in [4.69, 9.17) is 5.73 Å². The van der Waals surface area contributed by atoms with Crippen molar-refractivity contribution in [3.05, 3.63) is 0 Å². The summed E-state index contributed by atoms with van der Waals surface area (Å²) >= 11 is 0. The Hall–Kier alpha value is -0.120. The monoisotopic (exact) mass is 270 g/mol. The van der Waals surface area contributed by atoms with E-state index in [0.29, 0.717) is 11.3 Å². The van der Waals surface area contributed by atoms with E-state index < -0.39 is 0 Å². The molecule has 0 spiro atoms. The van der Waals surface area contributed by atoms with Crippen LogP contribution in [0.25, 0.3) is 0 Å². The molecule has 1 aliphatic heterocycles. The van der Waals surface area contributed by atoms with Crippen molar-refractivity contribution in [3.63, 3.8) is 0 Å². The van der Waals surface area contributed by atoms with Crippen LogP contribution < -0.4 is 5.73 Å². The van der Waals surface area contributed by atoms with Crippen LogP contribution in [-0.4, -0.2) is 41.8 Å². The normalized spacial score (nSPS) is 23.5. The molecule has 3 nitrogen and oxygen atoms in total. The molecule has 114 valence electrons. The van der Waals surface area contributed by atoms with E-state index in [1.54, 1.807) is 0 Å². The second-order valence-electron chi connectivity index (χ2n) is 6.79. The number of piperidine rings is 1. The molecule has 0 radical (unpaired) electrons. The lowest BCUT2D eigenvalue weighted by Crippen LogP contribution is -2.54. The van der Waals surface area contributed by atoms with Crippen LogP contribution in [0, 0.1) is 11.3 Å². The summed E-state index contributed by atoms with van der Waals surface area (Å²) in [6.07, 6.45) is 6.06. The predicted octanol–water partition coefficient (Wildman–Crippen LogP) is 2.62. The highest BCUT2D eigenvalue weighted by molar-refractivity contribution is 4.90. The Bertz CT molecular complexity index is 241. The maximum atomic E-state index is 9.68. The van der Waals surface area contributed by atoms with E-state index in [9.17, 15) is 5.11 Å². The summed E-state index contributed by atoms with van der Waals surface area (Å²) in [5.41, 5.74) is 6.83. The molecule has 1 heterocycles. The van der Waals surface area contributed by atoms with E-state index in [-0.39, 0.29) is 18.7 Å². The molecule has 0 aromatic heterocycles. The van der Waals surface area contributed by atoms with Gasteiger partial charge in [-0.2, -0.15) is 0 Å². The van der Waals surface area contributed by atoms with Gasteiger partial charge in [0.25, 0.3) is 0 Å². The van der Waals surface area contributed by atoms with Crippen LogP contribution in [0.2, 0.25) is 0 Å². The van der Waals surface area contributed by atoms with Crippen molar-refractivity contribution in [1.82, 2.24) is 4.90 Å². The summed E-state index contributed by atoms with van der Waals surface area (Å²) in [4.78, 5) is 2.43. The van der Waals surface area contributed by atoms with Crippen LogP contribution in [-0.2, 0) is 0 Å². The molecule has 0 aromatic carbocycles. The third-order valence-electron chi connectivity index (χ3n) is 5.25. The van der Waals surface area contributed by atoms with Crippen molar-refractivity contribution in [2.24, 2.45) is 17.1 Å². The average Bonchev–Trinajstić information content (AvgIpc) is 2.40. The zero-order valence-corrected chi connectivity index (χ0v) is 13.4. The van der Waals surface area contributed by atoms with Gasteiger partial charge in [0.15, 0.2) is 0 Å². The minimum atomic E-state index is 0.0979. The quantitative estimate of drug-likeness (QED) is 0.747. The van der Waals surface area contributed by atoms with Gasteiger partial charge in [-0.3, -0.25) is 4.90 Å². The molecule has 3 N–H and O–H groups in total. The van der Waals surface area contributed by atoms with E-state index in [0.717, 1.165) is 19.5 Å². The first-order valence-corrected chi connectivity index (χ1v) is 8.08. The molecule has 0 saturated carbocycles. The Morgan fingerprint density at radius 3 is 2.05 bits per heavy atom. The van der Waals surface area contributed by atoms with Crippen LogP contribution in [0.3, 0.4) is 0 Å². The van der Waals surface area contributed by atoms with Gasteiger partial charge in [-0.1, -0.05) is 40.5 Å². The Labute approximate surface area is 119 Å². The largest absolute Gasteiger partial charge is 0.395 e. The molecule has 0 amide bonds. The van der Waals surface area contributed by atoms with Crippen LogP contribution in [0.5, 0.6) is 0 Å². The Kier molecular flexibility index (Phi) is 6.78. The molecule has 1 fully saturated rings. The molecule has 1 saturated heterocycles. The maximum Gasteiger partial charge on any atom is 0.0601 e. The van der Waals surface area contributed by atoms with Crippen molar-refractivity contribution < 1.29 is 5.11 Å². The maximum absolute atomic E-state index is 9.68. The van der Waals surface area contributed by atoms with Crippen LogP contribution in [0.4, 0.5) is 0 Å². The Morgan fingerprint density at radius 2 is 1.68 bits per heavy atom. The van der Waals surface area contributed by atoms with E-state index in [1.807, 2.05) is 0 Å². The zero-order valence-electron chi connectivity index (χ0n) is 13.4. The SMILES string of the molecule is CCC1(CC)CCN(C(CO)C(N)CC(C)C)CC1. The number of nitrogens with two attached hydrogens (primary N) is 1. The highest BCUT2D eigenvalue weighted by Crippen LogP contribution is 2.38. The molecular weight excluding hydrogens is 236 g/mol. The lowest BCUT2D eigenvalue weighted by molar-refractivity contribution is 0.0309. The molecule has 1 aliphatic rings.